The number of hydrogen-bond donors (Lipinski definition) is 4. The zero-order valence-corrected chi connectivity index (χ0v) is 9.99. The van der Waals surface area contributed by atoms with Gasteiger partial charge < -0.3 is 20.8 Å². The molecule has 1 fully saturated rings. The molecule has 1 rings (SSSR count). The maximum atomic E-state index is 11.7. The van der Waals surface area contributed by atoms with Gasteiger partial charge in [0.05, 0.1) is 17.7 Å². The van der Waals surface area contributed by atoms with E-state index in [2.05, 4.69) is 10.6 Å². The lowest BCUT2D eigenvalue weighted by Crippen LogP contribution is -2.47. The number of aliphatic hydroxyl groups excluding tert-OH is 1. The van der Waals surface area contributed by atoms with Crippen molar-refractivity contribution in [1.29, 1.82) is 0 Å². The van der Waals surface area contributed by atoms with Crippen LogP contribution in [0.4, 0.5) is 0 Å². The summed E-state index contributed by atoms with van der Waals surface area (Å²) in [6.45, 7) is 4.53. The number of β-amino-alcohol motifs (C(OH)–C–C–N with tert-alkyl or cyclic N) is 1. The summed E-state index contributed by atoms with van der Waals surface area (Å²) in [4.78, 5) is 11.7. The Kier molecular flexibility index (Phi) is 4.70. The summed E-state index contributed by atoms with van der Waals surface area (Å²) >= 11 is 0. The van der Waals surface area contributed by atoms with Crippen LogP contribution >= 0.6 is 0 Å². The van der Waals surface area contributed by atoms with Gasteiger partial charge in [-0.15, -0.1) is 0 Å². The third-order valence-corrected chi connectivity index (χ3v) is 3.33. The van der Waals surface area contributed by atoms with Crippen LogP contribution in [0.25, 0.3) is 0 Å². The molecule has 1 heterocycles. The van der Waals surface area contributed by atoms with E-state index in [-0.39, 0.29) is 18.5 Å². The van der Waals surface area contributed by atoms with E-state index in [0.717, 1.165) is 0 Å². The maximum Gasteiger partial charge on any atom is 0.237 e. The molecule has 1 aliphatic rings. The van der Waals surface area contributed by atoms with Crippen molar-refractivity contribution >= 4 is 5.91 Å². The number of carbonyl (C=O) groups is 1. The first kappa shape index (κ1) is 13.4. The normalized spacial score (nSPS) is 25.8. The van der Waals surface area contributed by atoms with Gasteiger partial charge in [0.15, 0.2) is 0 Å². The Bertz CT molecular complexity index is 241. The zero-order chi connectivity index (χ0) is 12.2. The van der Waals surface area contributed by atoms with Gasteiger partial charge in [-0.2, -0.15) is 0 Å². The highest BCUT2D eigenvalue weighted by Gasteiger charge is 2.30. The Morgan fingerprint density at radius 3 is 2.56 bits per heavy atom. The molecule has 1 aliphatic heterocycles. The van der Waals surface area contributed by atoms with Gasteiger partial charge in [-0.05, 0) is 19.3 Å². The highest BCUT2D eigenvalue weighted by atomic mass is 16.3. The van der Waals surface area contributed by atoms with E-state index in [0.29, 0.717) is 25.8 Å². The molecule has 1 saturated heterocycles. The minimum absolute atomic E-state index is 0.142. The number of amides is 1. The SMILES string of the molecule is CCC(O)(CC)CNC(=O)C1CC(O)CN1. The third-order valence-electron chi connectivity index (χ3n) is 3.33. The van der Waals surface area contributed by atoms with Gasteiger partial charge >= 0.3 is 0 Å². The van der Waals surface area contributed by atoms with Crippen LogP contribution in [-0.2, 0) is 4.79 Å². The fourth-order valence-corrected chi connectivity index (χ4v) is 1.79. The van der Waals surface area contributed by atoms with Crippen LogP contribution in [-0.4, -0.2) is 47.0 Å². The molecule has 0 aromatic heterocycles. The minimum atomic E-state index is -0.813. The van der Waals surface area contributed by atoms with E-state index >= 15 is 0 Å². The zero-order valence-electron chi connectivity index (χ0n) is 9.99. The summed E-state index contributed by atoms with van der Waals surface area (Å²) in [7, 11) is 0. The fraction of sp³-hybridized carbons (Fsp3) is 0.909. The predicted molar refractivity (Wildman–Crippen MR) is 61.0 cm³/mol. The molecule has 0 bridgehead atoms. The highest BCUT2D eigenvalue weighted by molar-refractivity contribution is 5.82. The predicted octanol–water partition coefficient (Wildman–Crippen LogP) is -0.623. The Morgan fingerprint density at radius 1 is 1.50 bits per heavy atom. The molecule has 0 aromatic rings. The molecular formula is C11H22N2O3. The molecule has 4 N–H and O–H groups in total. The number of nitrogens with one attached hydrogen (secondary N) is 2. The van der Waals surface area contributed by atoms with E-state index in [4.69, 9.17) is 0 Å². The van der Waals surface area contributed by atoms with Gasteiger partial charge in [0.2, 0.25) is 5.91 Å². The first-order valence-electron chi connectivity index (χ1n) is 5.92. The number of carbonyl (C=O) groups excluding carboxylic acids is 1. The van der Waals surface area contributed by atoms with Gasteiger partial charge in [-0.1, -0.05) is 13.8 Å². The molecule has 0 radical (unpaired) electrons. The van der Waals surface area contributed by atoms with E-state index in [1.807, 2.05) is 13.8 Å². The lowest BCUT2D eigenvalue weighted by molar-refractivity contribution is -0.124. The van der Waals surface area contributed by atoms with Gasteiger partial charge in [0.25, 0.3) is 0 Å². The van der Waals surface area contributed by atoms with Crippen LogP contribution in [0.15, 0.2) is 0 Å². The number of aliphatic hydroxyl groups is 2. The molecule has 5 heteroatoms. The van der Waals surface area contributed by atoms with Crippen molar-refractivity contribution in [2.45, 2.75) is 50.9 Å². The minimum Gasteiger partial charge on any atom is -0.392 e. The lowest BCUT2D eigenvalue weighted by atomic mass is 9.97. The summed E-state index contributed by atoms with van der Waals surface area (Å²) < 4.78 is 0. The average molecular weight is 230 g/mol. The monoisotopic (exact) mass is 230 g/mol. The molecule has 2 unspecified atom stereocenters. The van der Waals surface area contributed by atoms with E-state index < -0.39 is 11.7 Å². The molecule has 0 spiro atoms. The molecule has 1 amide bonds. The Morgan fingerprint density at radius 2 is 2.12 bits per heavy atom. The Labute approximate surface area is 96.2 Å². The van der Waals surface area contributed by atoms with E-state index in [1.165, 1.54) is 0 Å². The second-order valence-electron chi connectivity index (χ2n) is 4.50. The van der Waals surface area contributed by atoms with Crippen molar-refractivity contribution in [2.75, 3.05) is 13.1 Å². The van der Waals surface area contributed by atoms with Crippen LogP contribution < -0.4 is 10.6 Å². The molecule has 94 valence electrons. The lowest BCUT2D eigenvalue weighted by Gasteiger charge is -2.26. The Hall–Kier alpha value is -0.650. The second-order valence-corrected chi connectivity index (χ2v) is 4.50. The van der Waals surface area contributed by atoms with Crippen molar-refractivity contribution in [3.63, 3.8) is 0 Å². The van der Waals surface area contributed by atoms with E-state index in [9.17, 15) is 15.0 Å². The van der Waals surface area contributed by atoms with Crippen LogP contribution in [0, 0.1) is 0 Å². The Balaban J connectivity index is 2.35. The summed E-state index contributed by atoms with van der Waals surface area (Å²) in [5, 5.41) is 24.9. The second kappa shape index (κ2) is 5.61. The van der Waals surface area contributed by atoms with Gasteiger partial charge in [0.1, 0.15) is 0 Å². The molecule has 0 aliphatic carbocycles. The van der Waals surface area contributed by atoms with Gasteiger partial charge in [-0.3, -0.25) is 4.79 Å². The molecule has 0 aromatic carbocycles. The first-order valence-corrected chi connectivity index (χ1v) is 5.92. The molecule has 16 heavy (non-hydrogen) atoms. The van der Waals surface area contributed by atoms with Crippen LogP contribution in [0.2, 0.25) is 0 Å². The quantitative estimate of drug-likeness (QED) is 0.507. The van der Waals surface area contributed by atoms with Crippen LogP contribution in [0.3, 0.4) is 0 Å². The summed E-state index contributed by atoms with van der Waals surface area (Å²) in [5.41, 5.74) is -0.813. The summed E-state index contributed by atoms with van der Waals surface area (Å²) in [6.07, 6.45) is 1.24. The van der Waals surface area contributed by atoms with Crippen LogP contribution in [0.1, 0.15) is 33.1 Å². The number of hydrogen-bond acceptors (Lipinski definition) is 4. The molecule has 2 atom stereocenters. The summed E-state index contributed by atoms with van der Waals surface area (Å²) in [5.74, 6) is -0.142. The first-order chi connectivity index (χ1) is 7.50. The van der Waals surface area contributed by atoms with E-state index in [1.54, 1.807) is 0 Å². The number of rotatable bonds is 5. The standard InChI is InChI=1S/C11H22N2O3/c1-3-11(16,4-2)7-13-10(15)9-5-8(14)6-12-9/h8-9,12,14,16H,3-7H2,1-2H3,(H,13,15). The average Bonchev–Trinajstić information content (AvgIpc) is 2.72. The molecule has 5 nitrogen and oxygen atoms in total. The molecular weight excluding hydrogens is 208 g/mol. The largest absolute Gasteiger partial charge is 0.392 e. The van der Waals surface area contributed by atoms with Crippen molar-refractivity contribution in [3.8, 4) is 0 Å². The topological polar surface area (TPSA) is 81.6 Å². The van der Waals surface area contributed by atoms with Gasteiger partial charge in [-0.25, -0.2) is 0 Å². The highest BCUT2D eigenvalue weighted by Crippen LogP contribution is 2.13. The molecule has 0 saturated carbocycles. The van der Waals surface area contributed by atoms with Gasteiger partial charge in [0, 0.05) is 13.1 Å². The van der Waals surface area contributed by atoms with Crippen LogP contribution in [0.5, 0.6) is 0 Å². The third kappa shape index (κ3) is 3.43. The van der Waals surface area contributed by atoms with Crippen molar-refractivity contribution in [2.24, 2.45) is 0 Å². The summed E-state index contributed by atoms with van der Waals surface area (Å²) in [6, 6.07) is -0.326. The maximum absolute atomic E-state index is 11.7. The van der Waals surface area contributed by atoms with Crippen molar-refractivity contribution in [3.05, 3.63) is 0 Å². The smallest absolute Gasteiger partial charge is 0.237 e. The van der Waals surface area contributed by atoms with Crippen molar-refractivity contribution in [1.82, 2.24) is 10.6 Å². The fourth-order valence-electron chi connectivity index (χ4n) is 1.79. The van der Waals surface area contributed by atoms with Crippen molar-refractivity contribution < 1.29 is 15.0 Å².